The zero-order valence-electron chi connectivity index (χ0n) is 54.6. The van der Waals surface area contributed by atoms with Crippen LogP contribution in [-0.2, 0) is 14.3 Å². The number of esters is 1. The fraction of sp³-hybridized carbons (Fsp3) is 0.946. The highest BCUT2D eigenvalue weighted by Crippen LogP contribution is 2.20. The van der Waals surface area contributed by atoms with Gasteiger partial charge in [-0.05, 0) is 51.4 Å². The first-order chi connectivity index (χ1) is 39.5. The van der Waals surface area contributed by atoms with Crippen molar-refractivity contribution in [3.05, 3.63) is 12.2 Å². The number of amides is 1. The lowest BCUT2D eigenvalue weighted by Crippen LogP contribution is -2.45. The van der Waals surface area contributed by atoms with Crippen LogP contribution in [-0.4, -0.2) is 47.4 Å². The fourth-order valence-corrected chi connectivity index (χ4v) is 11.9. The highest BCUT2D eigenvalue weighted by Gasteiger charge is 2.20. The third-order valence-electron chi connectivity index (χ3n) is 17.6. The third-order valence-corrected chi connectivity index (χ3v) is 17.6. The SMILES string of the molecule is CCCCCCCCC/C=C\CCCCCCCCCC(=O)OCCCCCCCCCCCCCCCCCCCCCCCCCCC(=O)NC(CO)C(O)CCCCCCCCCCCCCCCCCCCCCCC. The molecule has 2 atom stereocenters. The average molecular weight is 1130 g/mol. The van der Waals surface area contributed by atoms with Gasteiger partial charge >= 0.3 is 5.97 Å². The van der Waals surface area contributed by atoms with Crippen LogP contribution in [0, 0.1) is 0 Å². The third kappa shape index (κ3) is 65.7. The summed E-state index contributed by atoms with van der Waals surface area (Å²) in [6.45, 7) is 5.00. The van der Waals surface area contributed by atoms with Crippen LogP contribution in [0.1, 0.15) is 425 Å². The Hall–Kier alpha value is -1.40. The molecule has 0 spiro atoms. The van der Waals surface area contributed by atoms with E-state index in [0.29, 0.717) is 25.9 Å². The molecule has 0 aliphatic carbocycles. The van der Waals surface area contributed by atoms with Crippen molar-refractivity contribution in [2.45, 2.75) is 437 Å². The number of rotatable bonds is 70. The Morgan fingerprint density at radius 2 is 0.588 bits per heavy atom. The number of unbranched alkanes of at least 4 members (excludes halogenated alkanes) is 57. The zero-order valence-corrected chi connectivity index (χ0v) is 54.6. The van der Waals surface area contributed by atoms with Gasteiger partial charge in [-0.1, -0.05) is 373 Å². The molecule has 0 aliphatic rings. The van der Waals surface area contributed by atoms with Gasteiger partial charge in [-0.3, -0.25) is 9.59 Å². The summed E-state index contributed by atoms with van der Waals surface area (Å²) >= 11 is 0. The van der Waals surface area contributed by atoms with Gasteiger partial charge in [0.2, 0.25) is 5.91 Å². The number of carbonyl (C=O) groups excluding carboxylic acids is 2. The van der Waals surface area contributed by atoms with E-state index in [0.717, 1.165) is 44.9 Å². The van der Waals surface area contributed by atoms with E-state index in [-0.39, 0.29) is 18.5 Å². The molecule has 0 fully saturated rings. The van der Waals surface area contributed by atoms with Gasteiger partial charge in [-0.25, -0.2) is 0 Å². The van der Waals surface area contributed by atoms with E-state index < -0.39 is 12.1 Å². The van der Waals surface area contributed by atoms with Crippen LogP contribution in [0.3, 0.4) is 0 Å². The monoisotopic (exact) mass is 1130 g/mol. The first kappa shape index (κ1) is 78.6. The molecule has 2 unspecified atom stereocenters. The zero-order chi connectivity index (χ0) is 57.8. The molecule has 80 heavy (non-hydrogen) atoms. The molecule has 6 heteroatoms. The number of allylic oxidation sites excluding steroid dienone is 2. The number of nitrogens with one attached hydrogen (secondary N) is 1. The molecule has 0 rings (SSSR count). The summed E-state index contributed by atoms with van der Waals surface area (Å²) in [6, 6.07) is -0.541. The molecule has 476 valence electrons. The average Bonchev–Trinajstić information content (AvgIpc) is 3.46. The van der Waals surface area contributed by atoms with Gasteiger partial charge in [0.1, 0.15) is 0 Å². The van der Waals surface area contributed by atoms with Gasteiger partial charge in [-0.15, -0.1) is 0 Å². The summed E-state index contributed by atoms with van der Waals surface area (Å²) in [6.07, 6.45) is 87.0. The van der Waals surface area contributed by atoms with Gasteiger partial charge in [0, 0.05) is 12.8 Å². The van der Waals surface area contributed by atoms with E-state index in [1.165, 1.54) is 347 Å². The topological polar surface area (TPSA) is 95.9 Å². The minimum atomic E-state index is -0.664. The van der Waals surface area contributed by atoms with E-state index in [1.54, 1.807) is 0 Å². The molecule has 0 bridgehead atoms. The van der Waals surface area contributed by atoms with E-state index >= 15 is 0 Å². The van der Waals surface area contributed by atoms with Crippen molar-refractivity contribution < 1.29 is 24.5 Å². The minimum Gasteiger partial charge on any atom is -0.466 e. The smallest absolute Gasteiger partial charge is 0.305 e. The molecule has 1 amide bonds. The maximum absolute atomic E-state index is 12.6. The quantitative estimate of drug-likeness (QED) is 0.0320. The predicted octanol–water partition coefficient (Wildman–Crippen LogP) is 23.9. The van der Waals surface area contributed by atoms with Crippen molar-refractivity contribution >= 4 is 11.9 Å². The van der Waals surface area contributed by atoms with Crippen molar-refractivity contribution in [1.29, 1.82) is 0 Å². The number of hydrogen-bond acceptors (Lipinski definition) is 5. The highest BCUT2D eigenvalue weighted by atomic mass is 16.5. The van der Waals surface area contributed by atoms with E-state index in [9.17, 15) is 19.8 Å². The lowest BCUT2D eigenvalue weighted by Gasteiger charge is -2.22. The van der Waals surface area contributed by atoms with Crippen LogP contribution < -0.4 is 5.32 Å². The Kier molecular flexibility index (Phi) is 68.9. The molecule has 0 saturated carbocycles. The lowest BCUT2D eigenvalue weighted by atomic mass is 10.0. The van der Waals surface area contributed by atoms with Gasteiger partial charge in [0.15, 0.2) is 0 Å². The molecular formula is C74H145NO5. The fourth-order valence-electron chi connectivity index (χ4n) is 11.9. The maximum atomic E-state index is 12.6. The number of ether oxygens (including phenoxy) is 1. The molecule has 0 aliphatic heterocycles. The van der Waals surface area contributed by atoms with Crippen LogP contribution in [0.15, 0.2) is 12.2 Å². The van der Waals surface area contributed by atoms with Crippen molar-refractivity contribution in [2.24, 2.45) is 0 Å². The van der Waals surface area contributed by atoms with E-state index in [1.807, 2.05) is 0 Å². The largest absolute Gasteiger partial charge is 0.466 e. The van der Waals surface area contributed by atoms with Gasteiger partial charge in [-0.2, -0.15) is 0 Å². The maximum Gasteiger partial charge on any atom is 0.305 e. The summed E-state index contributed by atoms with van der Waals surface area (Å²) in [5, 5.41) is 23.4. The first-order valence-electron chi connectivity index (χ1n) is 36.9. The second-order valence-electron chi connectivity index (χ2n) is 25.6. The number of aliphatic hydroxyl groups is 2. The summed E-state index contributed by atoms with van der Waals surface area (Å²) < 4.78 is 5.51. The summed E-state index contributed by atoms with van der Waals surface area (Å²) in [4.78, 5) is 24.7. The lowest BCUT2D eigenvalue weighted by molar-refractivity contribution is -0.143. The Labute approximate surface area is 501 Å². The molecule has 0 heterocycles. The van der Waals surface area contributed by atoms with Crippen LogP contribution in [0.4, 0.5) is 0 Å². The van der Waals surface area contributed by atoms with E-state index in [2.05, 4.69) is 31.3 Å². The molecular weight excluding hydrogens is 983 g/mol. The van der Waals surface area contributed by atoms with Gasteiger partial charge in [0.25, 0.3) is 0 Å². The Balaban J connectivity index is 3.35. The first-order valence-corrected chi connectivity index (χ1v) is 36.9. The van der Waals surface area contributed by atoms with Crippen LogP contribution in [0.25, 0.3) is 0 Å². The molecule has 0 radical (unpaired) electrons. The molecule has 0 aromatic rings. The Bertz CT molecular complexity index is 1210. The molecule has 0 aromatic heterocycles. The second kappa shape index (κ2) is 70.1. The van der Waals surface area contributed by atoms with Crippen molar-refractivity contribution in [3.8, 4) is 0 Å². The number of carbonyl (C=O) groups is 2. The summed E-state index contributed by atoms with van der Waals surface area (Å²) in [5.74, 6) is -0.0147. The van der Waals surface area contributed by atoms with Gasteiger partial charge < -0.3 is 20.3 Å². The molecule has 0 aromatic carbocycles. The number of aliphatic hydroxyl groups excluding tert-OH is 2. The predicted molar refractivity (Wildman–Crippen MR) is 352 cm³/mol. The van der Waals surface area contributed by atoms with Crippen LogP contribution in [0.2, 0.25) is 0 Å². The van der Waals surface area contributed by atoms with Crippen LogP contribution >= 0.6 is 0 Å². The molecule has 6 nitrogen and oxygen atoms in total. The van der Waals surface area contributed by atoms with Crippen molar-refractivity contribution in [2.75, 3.05) is 13.2 Å². The number of hydrogen-bond donors (Lipinski definition) is 3. The summed E-state index contributed by atoms with van der Waals surface area (Å²) in [7, 11) is 0. The minimum absolute atomic E-state index is 0.0140. The highest BCUT2D eigenvalue weighted by molar-refractivity contribution is 5.76. The Morgan fingerprint density at radius 1 is 0.338 bits per heavy atom. The van der Waals surface area contributed by atoms with Crippen molar-refractivity contribution in [1.82, 2.24) is 5.32 Å². The normalized spacial score (nSPS) is 12.5. The Morgan fingerprint density at radius 3 is 0.887 bits per heavy atom. The molecule has 0 saturated heterocycles. The van der Waals surface area contributed by atoms with Crippen molar-refractivity contribution in [3.63, 3.8) is 0 Å². The van der Waals surface area contributed by atoms with Gasteiger partial charge in [0.05, 0.1) is 25.4 Å². The standard InChI is InChI=1S/C74H145NO5/c1-3-5-7-9-11-13-15-17-19-21-23-28-31-34-38-42-46-50-54-58-62-66-72(77)71(70-76)75-73(78)67-63-59-55-51-47-43-39-35-32-29-26-24-25-27-30-33-37-41-45-49-53-57-61-65-69-80-74(79)68-64-60-56-52-48-44-40-36-22-20-18-16-14-12-10-8-6-4-2/h20,22,71-72,76-77H,3-19,21,23-70H2,1-2H3,(H,75,78)/b22-20-. The van der Waals surface area contributed by atoms with E-state index in [4.69, 9.17) is 4.74 Å². The summed E-state index contributed by atoms with van der Waals surface area (Å²) in [5.41, 5.74) is 0. The second-order valence-corrected chi connectivity index (χ2v) is 25.6. The molecule has 3 N–H and O–H groups in total. The van der Waals surface area contributed by atoms with Crippen LogP contribution in [0.5, 0.6) is 0 Å².